The van der Waals surface area contributed by atoms with E-state index in [0.29, 0.717) is 5.92 Å². The Morgan fingerprint density at radius 2 is 2.00 bits per heavy atom. The summed E-state index contributed by atoms with van der Waals surface area (Å²) in [5, 5.41) is 3.50. The Kier molecular flexibility index (Phi) is 3.06. The van der Waals surface area contributed by atoms with Gasteiger partial charge < -0.3 is 10.1 Å². The molecule has 1 aliphatic heterocycles. The Hall–Kier alpha value is -1.02. The third kappa shape index (κ3) is 2.06. The second-order valence-electron chi connectivity index (χ2n) is 5.26. The number of hydrogen-bond donors (Lipinski definition) is 1. The maximum Gasteiger partial charge on any atom is 0.122 e. The first-order chi connectivity index (χ1) is 8.38. The molecule has 0 amide bonds. The van der Waals surface area contributed by atoms with Gasteiger partial charge in [0.25, 0.3) is 0 Å². The SMILES string of the molecule is COc1cc2c(cc1C1CCCNC1)CCC2. The molecule has 0 saturated carbocycles. The number of benzene rings is 1. The van der Waals surface area contributed by atoms with Crippen LogP contribution in [0.5, 0.6) is 5.75 Å². The zero-order valence-corrected chi connectivity index (χ0v) is 10.6. The fourth-order valence-electron chi connectivity index (χ4n) is 3.23. The molecule has 1 aromatic carbocycles. The number of fused-ring (bicyclic) bond motifs is 1. The number of methoxy groups -OCH3 is 1. The number of aryl methyl sites for hydroxylation is 2. The summed E-state index contributed by atoms with van der Waals surface area (Å²) in [6.45, 7) is 2.28. The molecule has 2 aliphatic rings. The number of nitrogens with one attached hydrogen (secondary N) is 1. The largest absolute Gasteiger partial charge is 0.496 e. The van der Waals surface area contributed by atoms with E-state index in [2.05, 4.69) is 17.4 Å². The van der Waals surface area contributed by atoms with Crippen LogP contribution in [0.3, 0.4) is 0 Å². The highest BCUT2D eigenvalue weighted by molar-refractivity contribution is 5.46. The van der Waals surface area contributed by atoms with Gasteiger partial charge in [-0.15, -0.1) is 0 Å². The molecule has 17 heavy (non-hydrogen) atoms. The van der Waals surface area contributed by atoms with Gasteiger partial charge in [0.2, 0.25) is 0 Å². The molecule has 1 aromatic rings. The van der Waals surface area contributed by atoms with Crippen molar-refractivity contribution in [1.29, 1.82) is 0 Å². The van der Waals surface area contributed by atoms with Crippen molar-refractivity contribution in [3.63, 3.8) is 0 Å². The van der Waals surface area contributed by atoms with Crippen molar-refractivity contribution in [2.45, 2.75) is 38.0 Å². The second-order valence-corrected chi connectivity index (χ2v) is 5.26. The van der Waals surface area contributed by atoms with Gasteiger partial charge in [-0.05, 0) is 61.4 Å². The minimum absolute atomic E-state index is 0.643. The summed E-state index contributed by atoms with van der Waals surface area (Å²) in [6, 6.07) is 4.70. The number of rotatable bonds is 2. The third-order valence-electron chi connectivity index (χ3n) is 4.18. The van der Waals surface area contributed by atoms with Crippen LogP contribution in [-0.2, 0) is 12.8 Å². The number of ether oxygens (including phenoxy) is 1. The van der Waals surface area contributed by atoms with E-state index in [0.717, 1.165) is 12.3 Å². The molecule has 92 valence electrons. The van der Waals surface area contributed by atoms with Crippen LogP contribution >= 0.6 is 0 Å². The van der Waals surface area contributed by atoms with Crippen molar-refractivity contribution in [2.24, 2.45) is 0 Å². The zero-order valence-electron chi connectivity index (χ0n) is 10.6. The number of piperidine rings is 1. The highest BCUT2D eigenvalue weighted by Gasteiger charge is 2.22. The van der Waals surface area contributed by atoms with Crippen LogP contribution in [0.25, 0.3) is 0 Å². The molecule has 1 fully saturated rings. The van der Waals surface area contributed by atoms with Crippen LogP contribution in [0.15, 0.2) is 12.1 Å². The van der Waals surface area contributed by atoms with Crippen molar-refractivity contribution in [1.82, 2.24) is 5.32 Å². The summed E-state index contributed by atoms with van der Waals surface area (Å²) in [5.41, 5.74) is 4.50. The van der Waals surface area contributed by atoms with E-state index in [1.165, 1.54) is 49.8 Å². The van der Waals surface area contributed by atoms with Crippen LogP contribution < -0.4 is 10.1 Å². The lowest BCUT2D eigenvalue weighted by molar-refractivity contribution is 0.392. The molecule has 3 rings (SSSR count). The fourth-order valence-corrected chi connectivity index (χ4v) is 3.23. The summed E-state index contributed by atoms with van der Waals surface area (Å²) in [4.78, 5) is 0. The highest BCUT2D eigenvalue weighted by Crippen LogP contribution is 2.36. The molecule has 1 atom stereocenters. The molecule has 1 saturated heterocycles. The standard InChI is InChI=1S/C15H21NO/c1-17-15-9-12-5-2-4-11(12)8-14(15)13-6-3-7-16-10-13/h8-9,13,16H,2-7,10H2,1H3. The van der Waals surface area contributed by atoms with Crippen LogP contribution in [0.4, 0.5) is 0 Å². The molecule has 1 unspecified atom stereocenters. The normalized spacial score (nSPS) is 23.5. The fraction of sp³-hybridized carbons (Fsp3) is 0.600. The quantitative estimate of drug-likeness (QED) is 0.845. The average molecular weight is 231 g/mol. The molecule has 0 aromatic heterocycles. The minimum Gasteiger partial charge on any atom is -0.496 e. The van der Waals surface area contributed by atoms with E-state index in [4.69, 9.17) is 4.74 Å². The van der Waals surface area contributed by atoms with Crippen molar-refractivity contribution >= 4 is 0 Å². The van der Waals surface area contributed by atoms with Crippen LogP contribution in [0.1, 0.15) is 41.9 Å². The van der Waals surface area contributed by atoms with E-state index in [9.17, 15) is 0 Å². The molecule has 1 heterocycles. The predicted octanol–water partition coefficient (Wildman–Crippen LogP) is 2.65. The lowest BCUT2D eigenvalue weighted by Crippen LogP contribution is -2.28. The van der Waals surface area contributed by atoms with Gasteiger partial charge in [0.05, 0.1) is 7.11 Å². The van der Waals surface area contributed by atoms with Gasteiger partial charge in [-0.2, -0.15) is 0 Å². The lowest BCUT2D eigenvalue weighted by atomic mass is 9.89. The smallest absolute Gasteiger partial charge is 0.122 e. The summed E-state index contributed by atoms with van der Waals surface area (Å²) in [6.07, 6.45) is 6.37. The van der Waals surface area contributed by atoms with Gasteiger partial charge in [-0.25, -0.2) is 0 Å². The van der Waals surface area contributed by atoms with Gasteiger partial charge >= 0.3 is 0 Å². The molecular weight excluding hydrogens is 210 g/mol. The highest BCUT2D eigenvalue weighted by atomic mass is 16.5. The summed E-state index contributed by atoms with van der Waals surface area (Å²) < 4.78 is 5.60. The first kappa shape index (κ1) is 11.1. The Balaban J connectivity index is 1.96. The minimum atomic E-state index is 0.643. The van der Waals surface area contributed by atoms with Crippen molar-refractivity contribution in [3.05, 3.63) is 28.8 Å². The first-order valence-electron chi connectivity index (χ1n) is 6.79. The van der Waals surface area contributed by atoms with E-state index < -0.39 is 0 Å². The summed E-state index contributed by atoms with van der Waals surface area (Å²) in [5.74, 6) is 1.75. The van der Waals surface area contributed by atoms with Crippen molar-refractivity contribution in [3.8, 4) is 5.75 Å². The second kappa shape index (κ2) is 4.69. The molecule has 1 N–H and O–H groups in total. The first-order valence-corrected chi connectivity index (χ1v) is 6.79. The van der Waals surface area contributed by atoms with Crippen molar-refractivity contribution < 1.29 is 4.74 Å². The van der Waals surface area contributed by atoms with E-state index >= 15 is 0 Å². The Labute approximate surface area is 103 Å². The van der Waals surface area contributed by atoms with Gasteiger partial charge in [-0.3, -0.25) is 0 Å². The van der Waals surface area contributed by atoms with Crippen LogP contribution in [-0.4, -0.2) is 20.2 Å². The maximum atomic E-state index is 5.60. The van der Waals surface area contributed by atoms with E-state index in [1.54, 1.807) is 12.7 Å². The predicted molar refractivity (Wildman–Crippen MR) is 69.9 cm³/mol. The van der Waals surface area contributed by atoms with Crippen LogP contribution in [0, 0.1) is 0 Å². The zero-order chi connectivity index (χ0) is 11.7. The van der Waals surface area contributed by atoms with Gasteiger partial charge in [0.15, 0.2) is 0 Å². The Morgan fingerprint density at radius 1 is 1.18 bits per heavy atom. The molecule has 0 spiro atoms. The average Bonchev–Trinajstić information content (AvgIpc) is 2.85. The Morgan fingerprint density at radius 3 is 2.71 bits per heavy atom. The monoisotopic (exact) mass is 231 g/mol. The van der Waals surface area contributed by atoms with Crippen molar-refractivity contribution in [2.75, 3.05) is 20.2 Å². The van der Waals surface area contributed by atoms with Crippen LogP contribution in [0.2, 0.25) is 0 Å². The van der Waals surface area contributed by atoms with E-state index in [-0.39, 0.29) is 0 Å². The summed E-state index contributed by atoms with van der Waals surface area (Å²) >= 11 is 0. The summed E-state index contributed by atoms with van der Waals surface area (Å²) in [7, 11) is 1.80. The van der Waals surface area contributed by atoms with Gasteiger partial charge in [-0.1, -0.05) is 6.07 Å². The van der Waals surface area contributed by atoms with Gasteiger partial charge in [0.1, 0.15) is 5.75 Å². The third-order valence-corrected chi connectivity index (χ3v) is 4.18. The topological polar surface area (TPSA) is 21.3 Å². The molecule has 2 heteroatoms. The molecule has 1 aliphatic carbocycles. The Bertz CT molecular complexity index is 408. The molecular formula is C15H21NO. The lowest BCUT2D eigenvalue weighted by Gasteiger charge is -2.25. The molecule has 0 bridgehead atoms. The molecule has 0 radical (unpaired) electrons. The number of hydrogen-bond acceptors (Lipinski definition) is 2. The maximum absolute atomic E-state index is 5.60. The molecule has 2 nitrogen and oxygen atoms in total. The van der Waals surface area contributed by atoms with E-state index in [1.807, 2.05) is 0 Å². The van der Waals surface area contributed by atoms with Gasteiger partial charge in [0, 0.05) is 12.5 Å².